The van der Waals surface area contributed by atoms with Gasteiger partial charge >= 0.3 is 0 Å². The molecule has 0 radical (unpaired) electrons. The molecule has 1 aromatic rings. The maximum absolute atomic E-state index is 12.7. The van der Waals surface area contributed by atoms with Crippen molar-refractivity contribution in [2.45, 2.75) is 53.4 Å². The van der Waals surface area contributed by atoms with E-state index in [1.54, 1.807) is 12.2 Å². The topological polar surface area (TPSA) is 30.0 Å². The van der Waals surface area contributed by atoms with Crippen molar-refractivity contribution in [1.29, 1.82) is 0 Å². The Labute approximate surface area is 127 Å². The molecule has 0 N–H and O–H groups in total. The zero-order valence-electron chi connectivity index (χ0n) is 13.5. The molecule has 0 bridgehead atoms. The fourth-order valence-electron chi connectivity index (χ4n) is 2.80. The summed E-state index contributed by atoms with van der Waals surface area (Å²) in [5, 5.41) is 0. The van der Waals surface area contributed by atoms with Gasteiger partial charge in [0.25, 0.3) is 0 Å². The van der Waals surface area contributed by atoms with Crippen LogP contribution in [-0.4, -0.2) is 10.8 Å². The van der Waals surface area contributed by atoms with Gasteiger partial charge in [-0.05, 0) is 32.1 Å². The van der Waals surface area contributed by atoms with E-state index in [1.165, 1.54) is 38.8 Å². The largest absolute Gasteiger partial charge is 0.294 e. The molecular weight excluding hydrogens is 265 g/mol. The molecule has 1 fully saturated rings. The number of carbonyl (C=O) groups excluding carboxylic acids is 1. The molecule has 2 unspecified atom stereocenters. The summed E-state index contributed by atoms with van der Waals surface area (Å²) in [6, 6.07) is 1.15. The SMILES string of the molecule is C/C=C/c1cnc(F)cc1C(C)=O.CC1CCCC(C)C1. The Morgan fingerprint density at radius 3 is 2.38 bits per heavy atom. The van der Waals surface area contributed by atoms with Gasteiger partial charge < -0.3 is 0 Å². The third-order valence-electron chi connectivity index (χ3n) is 3.83. The number of allylic oxidation sites excluding steroid dienone is 1. The van der Waals surface area contributed by atoms with Crippen molar-refractivity contribution >= 4 is 11.9 Å². The van der Waals surface area contributed by atoms with Crippen molar-refractivity contribution in [3.05, 3.63) is 35.4 Å². The molecule has 2 atom stereocenters. The van der Waals surface area contributed by atoms with Gasteiger partial charge in [-0.2, -0.15) is 4.39 Å². The lowest BCUT2D eigenvalue weighted by atomic mass is 9.84. The minimum atomic E-state index is -0.626. The van der Waals surface area contributed by atoms with E-state index in [9.17, 15) is 9.18 Å². The van der Waals surface area contributed by atoms with E-state index in [0.717, 1.165) is 17.9 Å². The molecule has 3 heteroatoms. The first-order valence-corrected chi connectivity index (χ1v) is 7.73. The van der Waals surface area contributed by atoms with E-state index in [0.29, 0.717) is 11.1 Å². The Morgan fingerprint density at radius 1 is 1.33 bits per heavy atom. The number of nitrogens with zero attached hydrogens (tertiary/aromatic N) is 1. The summed E-state index contributed by atoms with van der Waals surface area (Å²) in [7, 11) is 0. The Morgan fingerprint density at radius 2 is 1.95 bits per heavy atom. The van der Waals surface area contributed by atoms with Crippen LogP contribution in [-0.2, 0) is 0 Å². The van der Waals surface area contributed by atoms with Crippen molar-refractivity contribution in [3.8, 4) is 0 Å². The van der Waals surface area contributed by atoms with Crippen molar-refractivity contribution in [2.75, 3.05) is 0 Å². The maximum atomic E-state index is 12.7. The van der Waals surface area contributed by atoms with Gasteiger partial charge in [0.1, 0.15) is 0 Å². The third-order valence-corrected chi connectivity index (χ3v) is 3.83. The minimum absolute atomic E-state index is 0.158. The van der Waals surface area contributed by atoms with Crippen LogP contribution in [0.1, 0.15) is 69.3 Å². The number of aromatic nitrogens is 1. The van der Waals surface area contributed by atoms with Crippen LogP contribution in [0.25, 0.3) is 6.08 Å². The van der Waals surface area contributed by atoms with Crippen molar-refractivity contribution in [3.63, 3.8) is 0 Å². The number of ketones is 1. The lowest BCUT2D eigenvalue weighted by Gasteiger charge is -2.22. The highest BCUT2D eigenvalue weighted by atomic mass is 19.1. The second kappa shape index (κ2) is 8.71. The summed E-state index contributed by atoms with van der Waals surface area (Å²) in [5.41, 5.74) is 1.02. The molecular formula is C18H26FNO. The molecule has 0 aromatic carbocycles. The summed E-state index contributed by atoms with van der Waals surface area (Å²) in [6.07, 6.45) is 10.8. The van der Waals surface area contributed by atoms with Crippen LogP contribution in [0.15, 0.2) is 18.3 Å². The predicted octanol–water partition coefficient (Wildman–Crippen LogP) is 5.29. The molecule has 1 aliphatic carbocycles. The van der Waals surface area contributed by atoms with Crippen molar-refractivity contribution in [1.82, 2.24) is 4.98 Å². The monoisotopic (exact) mass is 291 g/mol. The van der Waals surface area contributed by atoms with Crippen LogP contribution < -0.4 is 0 Å². The molecule has 0 saturated heterocycles. The lowest BCUT2D eigenvalue weighted by molar-refractivity contribution is 0.101. The molecule has 2 rings (SSSR count). The Bertz CT molecular complexity index is 488. The molecule has 21 heavy (non-hydrogen) atoms. The van der Waals surface area contributed by atoms with E-state index in [-0.39, 0.29) is 5.78 Å². The highest BCUT2D eigenvalue weighted by Crippen LogP contribution is 2.27. The Balaban J connectivity index is 0.000000235. The van der Waals surface area contributed by atoms with Crippen molar-refractivity contribution < 1.29 is 9.18 Å². The molecule has 1 heterocycles. The summed E-state index contributed by atoms with van der Waals surface area (Å²) in [5.74, 6) is 1.24. The second-order valence-electron chi connectivity index (χ2n) is 6.03. The summed E-state index contributed by atoms with van der Waals surface area (Å²) in [4.78, 5) is 14.5. The zero-order valence-corrected chi connectivity index (χ0v) is 13.5. The van der Waals surface area contributed by atoms with Gasteiger partial charge in [0.15, 0.2) is 5.78 Å². The van der Waals surface area contributed by atoms with Gasteiger partial charge in [-0.3, -0.25) is 4.79 Å². The fraction of sp³-hybridized carbons (Fsp3) is 0.556. The van der Waals surface area contributed by atoms with E-state index in [4.69, 9.17) is 0 Å². The first kappa shape index (κ1) is 17.5. The molecule has 0 amide bonds. The molecule has 116 valence electrons. The summed E-state index contributed by atoms with van der Waals surface area (Å²) >= 11 is 0. The van der Waals surface area contributed by atoms with Crippen LogP contribution in [0.5, 0.6) is 0 Å². The van der Waals surface area contributed by atoms with Gasteiger partial charge in [0.2, 0.25) is 5.95 Å². The number of carbonyl (C=O) groups is 1. The van der Waals surface area contributed by atoms with E-state index in [2.05, 4.69) is 18.8 Å². The highest BCUT2D eigenvalue weighted by Gasteiger charge is 2.13. The lowest BCUT2D eigenvalue weighted by Crippen LogP contribution is -2.09. The number of hydrogen-bond donors (Lipinski definition) is 0. The van der Waals surface area contributed by atoms with Gasteiger partial charge in [-0.15, -0.1) is 0 Å². The average molecular weight is 291 g/mol. The first-order valence-electron chi connectivity index (χ1n) is 7.73. The smallest absolute Gasteiger partial charge is 0.213 e. The van der Waals surface area contributed by atoms with Crippen LogP contribution in [0.4, 0.5) is 4.39 Å². The normalized spacial score (nSPS) is 21.8. The molecule has 1 aromatic heterocycles. The summed E-state index contributed by atoms with van der Waals surface area (Å²) < 4.78 is 12.7. The summed E-state index contributed by atoms with van der Waals surface area (Å²) in [6.45, 7) is 7.97. The van der Waals surface area contributed by atoms with Crippen molar-refractivity contribution in [2.24, 2.45) is 11.8 Å². The zero-order chi connectivity index (χ0) is 15.8. The highest BCUT2D eigenvalue weighted by molar-refractivity contribution is 5.97. The number of pyridine rings is 1. The average Bonchev–Trinajstić information content (AvgIpc) is 2.41. The van der Waals surface area contributed by atoms with Crippen LogP contribution >= 0.6 is 0 Å². The van der Waals surface area contributed by atoms with Crippen LogP contribution in [0, 0.1) is 17.8 Å². The molecule has 0 spiro atoms. The number of Topliss-reactive ketones (excluding diaryl/α,β-unsaturated/α-hetero) is 1. The van der Waals surface area contributed by atoms with E-state index >= 15 is 0 Å². The molecule has 2 nitrogen and oxygen atoms in total. The Kier molecular flexibility index (Phi) is 7.27. The molecule has 1 aliphatic rings. The van der Waals surface area contributed by atoms with E-state index in [1.807, 2.05) is 6.92 Å². The number of rotatable bonds is 2. The Hall–Kier alpha value is -1.51. The van der Waals surface area contributed by atoms with Gasteiger partial charge in [-0.25, -0.2) is 4.98 Å². The maximum Gasteiger partial charge on any atom is 0.213 e. The standard InChI is InChI=1S/C10H10FNO.C8H16/c1-3-4-8-6-12-10(11)5-9(8)7(2)13;1-7-4-3-5-8(2)6-7/h3-6H,1-2H3;7-8H,3-6H2,1-2H3/b4-3+;. The molecule has 0 aliphatic heterocycles. The molecule has 1 saturated carbocycles. The minimum Gasteiger partial charge on any atom is -0.294 e. The predicted molar refractivity (Wildman–Crippen MR) is 85.7 cm³/mol. The van der Waals surface area contributed by atoms with Gasteiger partial charge in [-0.1, -0.05) is 45.3 Å². The van der Waals surface area contributed by atoms with Crippen LogP contribution in [0.3, 0.4) is 0 Å². The quantitative estimate of drug-likeness (QED) is 0.547. The number of hydrogen-bond acceptors (Lipinski definition) is 2. The van der Waals surface area contributed by atoms with E-state index < -0.39 is 5.95 Å². The third kappa shape index (κ3) is 6.19. The van der Waals surface area contributed by atoms with Gasteiger partial charge in [0, 0.05) is 23.4 Å². The first-order chi connectivity index (χ1) is 9.93. The van der Waals surface area contributed by atoms with Gasteiger partial charge in [0.05, 0.1) is 0 Å². The fourth-order valence-corrected chi connectivity index (χ4v) is 2.80. The van der Waals surface area contributed by atoms with Crippen LogP contribution in [0.2, 0.25) is 0 Å². The second-order valence-corrected chi connectivity index (χ2v) is 6.03. The number of halogens is 1.